The summed E-state index contributed by atoms with van der Waals surface area (Å²) < 4.78 is 51.2. The van der Waals surface area contributed by atoms with Crippen LogP contribution in [0, 0.1) is 0 Å². The second-order valence-electron chi connectivity index (χ2n) is 2.74. The molecule has 9 nitrogen and oxygen atoms in total. The van der Waals surface area contributed by atoms with Crippen LogP contribution >= 0.6 is 0 Å². The van der Waals surface area contributed by atoms with Crippen molar-refractivity contribution in [3.8, 4) is 0 Å². The minimum atomic E-state index is -2.95. The van der Waals surface area contributed by atoms with Gasteiger partial charge in [-0.1, -0.05) is 0 Å². The minimum Gasteiger partial charge on any atom is -0.493 e. The van der Waals surface area contributed by atoms with Crippen LogP contribution in [-0.2, 0) is 33.6 Å². The lowest BCUT2D eigenvalue weighted by atomic mass is 15.4. The van der Waals surface area contributed by atoms with Gasteiger partial charge in [0.15, 0.2) is 0 Å². The molecule has 0 aromatic carbocycles. The van der Waals surface area contributed by atoms with E-state index in [2.05, 4.69) is 0 Å². The minimum absolute atomic E-state index is 1.81. The molecule has 6 heterocycles. The van der Waals surface area contributed by atoms with E-state index in [0.717, 1.165) is 0 Å². The van der Waals surface area contributed by atoms with Crippen LogP contribution in [0.15, 0.2) is 0 Å². The highest BCUT2D eigenvalue weighted by Gasteiger charge is 2.84. The zero-order valence-corrected chi connectivity index (χ0v) is 11.6. The third-order valence-corrected chi connectivity index (χ3v) is 16.7. The van der Waals surface area contributed by atoms with Gasteiger partial charge in [0.2, 0.25) is 0 Å². The van der Waals surface area contributed by atoms with Crippen LogP contribution in [0.1, 0.15) is 0 Å². The smallest absolute Gasteiger partial charge is 0.493 e. The monoisotopic (exact) mass is 282 g/mol. The summed E-state index contributed by atoms with van der Waals surface area (Å²) in [5.41, 5.74) is 0. The Morgan fingerprint density at radius 3 is 1.43 bits per heavy atom. The van der Waals surface area contributed by atoms with Gasteiger partial charge in [0.1, 0.15) is 0 Å². The SMILES string of the molecule is O=[Si](O[Si]12[O][Al]([O]1)[O]2)O[Si]12[O][Al]([O]1)[O]2. The van der Waals surface area contributed by atoms with Gasteiger partial charge in [0, 0.05) is 0 Å². The molecule has 6 aliphatic rings. The molecule has 0 spiro atoms. The Labute approximate surface area is 91.0 Å². The van der Waals surface area contributed by atoms with Crippen LogP contribution in [0.25, 0.3) is 0 Å². The molecule has 0 radical (unpaired) electrons. The maximum absolute atomic E-state index is 11.3. The predicted octanol–water partition coefficient (Wildman–Crippen LogP) is -2.57. The summed E-state index contributed by atoms with van der Waals surface area (Å²) in [5.74, 6) is 0. The average molecular weight is 282 g/mol. The molecule has 14 heavy (non-hydrogen) atoms. The van der Waals surface area contributed by atoms with E-state index in [9.17, 15) is 4.46 Å². The molecule has 14 heteroatoms. The lowest BCUT2D eigenvalue weighted by Crippen LogP contribution is -2.84. The molecule has 0 aromatic heterocycles. The maximum Gasteiger partial charge on any atom is 0.888 e. The number of rotatable bonds is 4. The first-order valence-electron chi connectivity index (χ1n) is 3.66. The van der Waals surface area contributed by atoms with Crippen LogP contribution in [0.2, 0.25) is 0 Å². The third kappa shape index (κ3) is 1.09. The van der Waals surface area contributed by atoms with Gasteiger partial charge in [0.05, 0.1) is 0 Å². The summed E-state index contributed by atoms with van der Waals surface area (Å²) in [4.78, 5) is 0. The van der Waals surface area contributed by atoms with Gasteiger partial charge in [-0.05, 0) is 0 Å². The van der Waals surface area contributed by atoms with E-state index >= 15 is 0 Å². The number of hydrogen-bond acceptors (Lipinski definition) is 9. The van der Waals surface area contributed by atoms with Gasteiger partial charge in [-0.15, -0.1) is 0 Å². The first kappa shape index (κ1) is 8.96. The molecule has 0 amide bonds. The highest BCUT2D eigenvalue weighted by atomic mass is 28.5. The van der Waals surface area contributed by atoms with E-state index in [-0.39, 0.29) is 0 Å². The summed E-state index contributed by atoms with van der Waals surface area (Å²) in [6.07, 6.45) is 0. The fourth-order valence-corrected chi connectivity index (χ4v) is 13.1. The Balaban J connectivity index is 1.35. The number of hydrogen-bond donors (Lipinski definition) is 0. The Bertz CT molecular complexity index is 266. The summed E-state index contributed by atoms with van der Waals surface area (Å²) >= 11 is -3.61. The third-order valence-electron chi connectivity index (χ3n) is 1.86. The molecule has 6 rings (SSSR count). The molecular formula is Al2O9Si3. The first-order chi connectivity index (χ1) is 6.67. The maximum atomic E-state index is 11.3. The van der Waals surface area contributed by atoms with Crippen LogP contribution in [0.5, 0.6) is 0 Å². The van der Waals surface area contributed by atoms with Gasteiger partial charge in [-0.3, -0.25) is 4.46 Å². The molecule has 72 valence electrons. The zero-order valence-electron chi connectivity index (χ0n) is 6.33. The van der Waals surface area contributed by atoms with E-state index in [0.29, 0.717) is 0 Å². The standard InChI is InChI=1S/2Al.O9Si3/c;;1-10(8-11(2,3)4)9-12(5,6)7/q2*+3;-6. The molecule has 0 saturated carbocycles. The fourth-order valence-electron chi connectivity index (χ4n) is 1.13. The second-order valence-corrected chi connectivity index (χ2v) is 13.7. The van der Waals surface area contributed by atoms with Gasteiger partial charge >= 0.3 is 57.6 Å². The van der Waals surface area contributed by atoms with E-state index in [1.54, 1.807) is 0 Å². The van der Waals surface area contributed by atoms with Crippen molar-refractivity contribution in [1.29, 1.82) is 0 Å². The van der Waals surface area contributed by atoms with Crippen molar-refractivity contribution in [2.24, 2.45) is 0 Å². The highest BCUT2D eigenvalue weighted by Crippen LogP contribution is 2.40. The summed E-state index contributed by atoms with van der Waals surface area (Å²) in [6.45, 7) is 0. The van der Waals surface area contributed by atoms with Crippen LogP contribution < -0.4 is 0 Å². The molecule has 0 unspecified atom stereocenters. The summed E-state index contributed by atoms with van der Waals surface area (Å²) in [7, 11) is -8.68. The molecule has 6 aliphatic heterocycles. The van der Waals surface area contributed by atoms with Crippen LogP contribution in [0.4, 0.5) is 0 Å². The molecule has 4 bridgehead atoms. The van der Waals surface area contributed by atoms with Crippen molar-refractivity contribution in [2.45, 2.75) is 0 Å². The summed E-state index contributed by atoms with van der Waals surface area (Å²) in [5, 5.41) is 0. The largest absolute Gasteiger partial charge is 0.888 e. The Morgan fingerprint density at radius 2 is 1.21 bits per heavy atom. The fraction of sp³-hybridized carbons (Fsp3) is 0. The molecule has 6 saturated heterocycles. The molecule has 0 aromatic rings. The van der Waals surface area contributed by atoms with Crippen molar-refractivity contribution in [2.75, 3.05) is 0 Å². The lowest BCUT2D eigenvalue weighted by molar-refractivity contribution is -0.0816. The van der Waals surface area contributed by atoms with E-state index in [1.165, 1.54) is 0 Å². The van der Waals surface area contributed by atoms with Gasteiger partial charge in [-0.2, -0.15) is 0 Å². The molecule has 6 fully saturated rings. The second kappa shape index (κ2) is 2.58. The van der Waals surface area contributed by atoms with Crippen LogP contribution in [-0.4, -0.2) is 57.6 Å². The van der Waals surface area contributed by atoms with E-state index < -0.39 is 57.6 Å². The van der Waals surface area contributed by atoms with Crippen molar-refractivity contribution in [1.82, 2.24) is 0 Å². The molecule has 0 N–H and O–H groups in total. The van der Waals surface area contributed by atoms with E-state index in [4.69, 9.17) is 29.1 Å². The van der Waals surface area contributed by atoms with Gasteiger partial charge in [-0.25, -0.2) is 0 Å². The average Bonchev–Trinajstić information content (AvgIpc) is 1.83. The van der Waals surface area contributed by atoms with Crippen molar-refractivity contribution in [3.63, 3.8) is 0 Å². The Morgan fingerprint density at radius 1 is 0.857 bits per heavy atom. The van der Waals surface area contributed by atoms with Crippen molar-refractivity contribution in [3.05, 3.63) is 0 Å². The highest BCUT2D eigenvalue weighted by molar-refractivity contribution is 6.93. The molecular weight excluding hydrogens is 282 g/mol. The Kier molecular flexibility index (Phi) is 1.65. The topological polar surface area (TPSA) is 90.9 Å². The van der Waals surface area contributed by atoms with Crippen molar-refractivity contribution >= 4 is 57.6 Å². The van der Waals surface area contributed by atoms with Gasteiger partial charge in [0.25, 0.3) is 0 Å². The normalized spacial score (nSPS) is 31.7. The summed E-state index contributed by atoms with van der Waals surface area (Å²) in [6, 6.07) is 0. The van der Waals surface area contributed by atoms with Crippen LogP contribution in [0.3, 0.4) is 0 Å². The van der Waals surface area contributed by atoms with E-state index in [1.807, 2.05) is 0 Å². The Hall–Kier alpha value is 0.876. The first-order valence-corrected chi connectivity index (χ1v) is 11.0. The zero-order chi connectivity index (χ0) is 9.39. The van der Waals surface area contributed by atoms with Crippen molar-refractivity contribution < 1.29 is 33.6 Å². The predicted molar refractivity (Wildman–Crippen MR) is 38.1 cm³/mol. The quantitative estimate of drug-likeness (QED) is 0.516. The molecule has 0 atom stereocenters. The molecule has 0 aliphatic carbocycles. The lowest BCUT2D eigenvalue weighted by Gasteiger charge is -2.52. The van der Waals surface area contributed by atoms with Gasteiger partial charge < -0.3 is 29.1 Å².